The molecule has 1 unspecified atom stereocenters. The molecule has 1 aromatic rings. The van der Waals surface area contributed by atoms with Gasteiger partial charge in [0.1, 0.15) is 5.82 Å². The summed E-state index contributed by atoms with van der Waals surface area (Å²) in [5.41, 5.74) is 5.74. The van der Waals surface area contributed by atoms with Crippen molar-refractivity contribution >= 4 is 11.7 Å². The van der Waals surface area contributed by atoms with Crippen molar-refractivity contribution in [2.75, 3.05) is 38.1 Å². The van der Waals surface area contributed by atoms with Gasteiger partial charge in [0.05, 0.1) is 5.56 Å². The molecule has 21 heavy (non-hydrogen) atoms. The lowest BCUT2D eigenvalue weighted by Crippen LogP contribution is -2.37. The molecule has 1 fully saturated rings. The molecule has 1 aliphatic heterocycles. The molecule has 2 rings (SSSR count). The number of hydrogen-bond acceptors (Lipinski definition) is 5. The Kier molecular flexibility index (Phi) is 5.95. The van der Waals surface area contributed by atoms with Crippen molar-refractivity contribution in [1.29, 1.82) is 0 Å². The van der Waals surface area contributed by atoms with Crippen LogP contribution in [0.4, 0.5) is 5.82 Å². The van der Waals surface area contributed by atoms with Crippen LogP contribution in [0.3, 0.4) is 0 Å². The number of amides is 1. The Hall–Kier alpha value is -1.66. The predicted molar refractivity (Wildman–Crippen MR) is 82.1 cm³/mol. The van der Waals surface area contributed by atoms with Gasteiger partial charge >= 0.3 is 0 Å². The van der Waals surface area contributed by atoms with Gasteiger partial charge in [0.25, 0.3) is 5.91 Å². The van der Waals surface area contributed by atoms with Crippen molar-refractivity contribution in [1.82, 2.24) is 9.88 Å². The molecule has 1 amide bonds. The summed E-state index contributed by atoms with van der Waals surface area (Å²) in [5, 5.41) is 12.4. The fraction of sp³-hybridized carbons (Fsp3) is 0.600. The highest BCUT2D eigenvalue weighted by molar-refractivity contribution is 5.97. The molecule has 2 heterocycles. The minimum atomic E-state index is -0.465. The highest BCUT2D eigenvalue weighted by atomic mass is 16.3. The summed E-state index contributed by atoms with van der Waals surface area (Å²) in [4.78, 5) is 17.8. The smallest absolute Gasteiger partial charge is 0.252 e. The summed E-state index contributed by atoms with van der Waals surface area (Å²) in [6, 6.07) is 3.38. The normalized spacial score (nSPS) is 19.4. The lowest BCUT2D eigenvalue weighted by molar-refractivity contribution is 0.100. The Morgan fingerprint density at radius 3 is 3.19 bits per heavy atom. The van der Waals surface area contributed by atoms with Crippen LogP contribution in [0.5, 0.6) is 0 Å². The van der Waals surface area contributed by atoms with Crippen LogP contribution in [-0.2, 0) is 0 Å². The maximum atomic E-state index is 11.3. The molecule has 0 aromatic carbocycles. The van der Waals surface area contributed by atoms with Crippen LogP contribution in [-0.4, -0.2) is 53.7 Å². The minimum absolute atomic E-state index is 0.282. The summed E-state index contributed by atoms with van der Waals surface area (Å²) in [5.74, 6) is 0.508. The molecule has 1 saturated heterocycles. The largest absolute Gasteiger partial charge is 0.396 e. The van der Waals surface area contributed by atoms with Crippen molar-refractivity contribution < 1.29 is 9.90 Å². The summed E-state index contributed by atoms with van der Waals surface area (Å²) in [6.45, 7) is 4.10. The molecule has 0 spiro atoms. The Labute approximate surface area is 125 Å². The number of nitrogens with one attached hydrogen (secondary N) is 1. The van der Waals surface area contributed by atoms with E-state index < -0.39 is 5.91 Å². The van der Waals surface area contributed by atoms with Gasteiger partial charge in [0, 0.05) is 25.9 Å². The third kappa shape index (κ3) is 4.68. The summed E-state index contributed by atoms with van der Waals surface area (Å²) in [6.07, 6.45) is 4.89. The van der Waals surface area contributed by atoms with E-state index in [9.17, 15) is 9.90 Å². The van der Waals surface area contributed by atoms with E-state index in [1.807, 2.05) is 0 Å². The number of piperidine rings is 1. The Bertz CT molecular complexity index is 467. The second-order valence-corrected chi connectivity index (χ2v) is 5.54. The maximum Gasteiger partial charge on any atom is 0.252 e. The Balaban J connectivity index is 1.74. The van der Waals surface area contributed by atoms with Gasteiger partial charge in [-0.15, -0.1) is 0 Å². The molecule has 0 radical (unpaired) electrons. The third-order valence-corrected chi connectivity index (χ3v) is 3.88. The van der Waals surface area contributed by atoms with E-state index in [1.165, 1.54) is 0 Å². The first kappa shape index (κ1) is 15.7. The van der Waals surface area contributed by atoms with Crippen LogP contribution < -0.4 is 11.1 Å². The molecule has 1 aliphatic rings. The number of carbonyl (C=O) groups is 1. The molecule has 1 atom stereocenters. The van der Waals surface area contributed by atoms with Gasteiger partial charge in [-0.05, 0) is 50.4 Å². The van der Waals surface area contributed by atoms with Crippen LogP contribution in [0.25, 0.3) is 0 Å². The van der Waals surface area contributed by atoms with Gasteiger partial charge < -0.3 is 21.1 Å². The maximum absolute atomic E-state index is 11.3. The summed E-state index contributed by atoms with van der Waals surface area (Å²) >= 11 is 0. The SMILES string of the molecule is NC(=O)c1cccnc1NCCCN1CCCC(CO)C1. The zero-order valence-electron chi connectivity index (χ0n) is 12.3. The number of hydrogen-bond donors (Lipinski definition) is 3. The number of nitrogens with zero attached hydrogens (tertiary/aromatic N) is 2. The zero-order valence-corrected chi connectivity index (χ0v) is 12.3. The van der Waals surface area contributed by atoms with E-state index in [4.69, 9.17) is 5.73 Å². The monoisotopic (exact) mass is 292 g/mol. The molecule has 0 aliphatic carbocycles. The van der Waals surface area contributed by atoms with E-state index in [2.05, 4.69) is 15.2 Å². The van der Waals surface area contributed by atoms with Crippen molar-refractivity contribution in [2.45, 2.75) is 19.3 Å². The van der Waals surface area contributed by atoms with E-state index >= 15 is 0 Å². The van der Waals surface area contributed by atoms with Gasteiger partial charge in [-0.2, -0.15) is 0 Å². The second kappa shape index (κ2) is 7.95. The quantitative estimate of drug-likeness (QED) is 0.643. The fourth-order valence-corrected chi connectivity index (χ4v) is 2.76. The van der Waals surface area contributed by atoms with Gasteiger partial charge in [-0.1, -0.05) is 0 Å². The second-order valence-electron chi connectivity index (χ2n) is 5.54. The number of aromatic nitrogens is 1. The molecule has 6 heteroatoms. The Morgan fingerprint density at radius 1 is 1.57 bits per heavy atom. The molecular weight excluding hydrogens is 268 g/mol. The molecule has 0 bridgehead atoms. The van der Waals surface area contributed by atoms with Gasteiger partial charge in [0.2, 0.25) is 0 Å². The molecule has 4 N–H and O–H groups in total. The number of primary amides is 1. The van der Waals surface area contributed by atoms with Gasteiger partial charge in [-0.25, -0.2) is 4.98 Å². The number of pyridine rings is 1. The average Bonchev–Trinajstić information content (AvgIpc) is 2.52. The van der Waals surface area contributed by atoms with Crippen LogP contribution in [0.1, 0.15) is 29.6 Å². The van der Waals surface area contributed by atoms with Crippen molar-refractivity contribution in [2.24, 2.45) is 11.7 Å². The zero-order chi connectivity index (χ0) is 15.1. The topological polar surface area (TPSA) is 91.5 Å². The van der Waals surface area contributed by atoms with Crippen LogP contribution in [0.15, 0.2) is 18.3 Å². The number of rotatable bonds is 7. The number of aliphatic hydroxyl groups excluding tert-OH is 1. The van der Waals surface area contributed by atoms with E-state index in [0.29, 0.717) is 17.3 Å². The standard InChI is InChI=1S/C15H24N4O2/c16-14(21)13-5-1-6-17-15(13)18-7-3-9-19-8-2-4-12(10-19)11-20/h1,5-6,12,20H,2-4,7-11H2,(H2,16,21)(H,17,18). The van der Waals surface area contributed by atoms with Crippen molar-refractivity contribution in [3.63, 3.8) is 0 Å². The molecule has 6 nitrogen and oxygen atoms in total. The number of aliphatic hydroxyl groups is 1. The Morgan fingerprint density at radius 2 is 2.43 bits per heavy atom. The highest BCUT2D eigenvalue weighted by Crippen LogP contribution is 2.16. The first-order valence-corrected chi connectivity index (χ1v) is 7.52. The third-order valence-electron chi connectivity index (χ3n) is 3.88. The molecular formula is C15H24N4O2. The molecule has 0 saturated carbocycles. The van der Waals surface area contributed by atoms with Gasteiger partial charge in [-0.3, -0.25) is 4.79 Å². The highest BCUT2D eigenvalue weighted by Gasteiger charge is 2.18. The molecule has 1 aromatic heterocycles. The number of carbonyl (C=O) groups excluding carboxylic acids is 1. The fourth-order valence-electron chi connectivity index (χ4n) is 2.76. The van der Waals surface area contributed by atoms with E-state index in [1.54, 1.807) is 18.3 Å². The first-order valence-electron chi connectivity index (χ1n) is 7.52. The van der Waals surface area contributed by atoms with E-state index in [0.717, 1.165) is 45.4 Å². The summed E-state index contributed by atoms with van der Waals surface area (Å²) in [7, 11) is 0. The lowest BCUT2D eigenvalue weighted by Gasteiger charge is -2.31. The predicted octanol–water partition coefficient (Wildman–Crippen LogP) is 0.687. The van der Waals surface area contributed by atoms with Crippen LogP contribution >= 0.6 is 0 Å². The minimum Gasteiger partial charge on any atom is -0.396 e. The summed E-state index contributed by atoms with van der Waals surface area (Å²) < 4.78 is 0. The van der Waals surface area contributed by atoms with Crippen molar-refractivity contribution in [3.05, 3.63) is 23.9 Å². The van der Waals surface area contributed by atoms with Crippen LogP contribution in [0, 0.1) is 5.92 Å². The van der Waals surface area contributed by atoms with Crippen molar-refractivity contribution in [3.8, 4) is 0 Å². The van der Waals surface area contributed by atoms with E-state index in [-0.39, 0.29) is 6.61 Å². The van der Waals surface area contributed by atoms with Crippen LogP contribution in [0.2, 0.25) is 0 Å². The number of anilines is 1. The first-order chi connectivity index (χ1) is 10.2. The molecule has 116 valence electrons. The number of likely N-dealkylation sites (tertiary alicyclic amines) is 1. The average molecular weight is 292 g/mol. The lowest BCUT2D eigenvalue weighted by atomic mass is 9.99. The van der Waals surface area contributed by atoms with Gasteiger partial charge in [0.15, 0.2) is 0 Å². The number of nitrogens with two attached hydrogens (primary N) is 1.